The first kappa shape index (κ1) is 38.2. The first-order chi connectivity index (χ1) is 20.8. The minimum absolute atomic E-state index is 0. The molecule has 1 saturated carbocycles. The second-order valence-corrected chi connectivity index (χ2v) is 12.1. The van der Waals surface area contributed by atoms with E-state index in [1.165, 1.54) is 0 Å². The Morgan fingerprint density at radius 2 is 1.96 bits per heavy atom. The molecule has 1 fully saturated rings. The van der Waals surface area contributed by atoms with Crippen LogP contribution < -0.4 is 30.7 Å². The van der Waals surface area contributed by atoms with Gasteiger partial charge in [-0.05, 0) is 55.8 Å². The van der Waals surface area contributed by atoms with Gasteiger partial charge in [0.25, 0.3) is 5.91 Å². The van der Waals surface area contributed by atoms with Crippen LogP contribution in [-0.2, 0) is 27.3 Å². The van der Waals surface area contributed by atoms with Crippen LogP contribution in [0.25, 0.3) is 0 Å². The molecule has 4 rings (SSSR count). The van der Waals surface area contributed by atoms with Gasteiger partial charge >= 0.3 is 0 Å². The number of aryl methyl sites for hydroxylation is 1. The number of hydrogen-bond donors (Lipinski definition) is 4. The van der Waals surface area contributed by atoms with Crippen molar-refractivity contribution >= 4 is 42.5 Å². The maximum atomic E-state index is 14.1. The molecule has 13 heteroatoms. The fourth-order valence-corrected chi connectivity index (χ4v) is 5.66. The molecule has 4 N–H and O–H groups in total. The number of imidazole rings is 1. The molecule has 1 unspecified atom stereocenters. The van der Waals surface area contributed by atoms with Gasteiger partial charge in [0.05, 0.1) is 12.5 Å². The van der Waals surface area contributed by atoms with Gasteiger partial charge in [-0.2, -0.15) is 0 Å². The van der Waals surface area contributed by atoms with Gasteiger partial charge in [0.1, 0.15) is 5.82 Å². The average Bonchev–Trinajstić information content (AvgIpc) is 3.67. The third-order valence-electron chi connectivity index (χ3n) is 8.12. The second kappa shape index (κ2) is 18.8. The number of fused-ring (bicyclic) bond motifs is 2. The lowest BCUT2D eigenvalue weighted by Gasteiger charge is -2.33. The number of carbonyl (C=O) groups is 3. The Bertz CT molecular complexity index is 1240. The van der Waals surface area contributed by atoms with Gasteiger partial charge in [-0.25, -0.2) is 4.98 Å². The highest BCUT2D eigenvalue weighted by molar-refractivity contribution is 5.86. The maximum absolute atomic E-state index is 14.1. The summed E-state index contributed by atoms with van der Waals surface area (Å²) >= 11 is 0. The topological polar surface area (TPSA) is 136 Å². The zero-order chi connectivity index (χ0) is 30.7. The lowest BCUT2D eigenvalue weighted by molar-refractivity contribution is -0.132. The normalized spacial score (nSPS) is 19.8. The van der Waals surface area contributed by atoms with Gasteiger partial charge in [-0.1, -0.05) is 32.8 Å². The third-order valence-corrected chi connectivity index (χ3v) is 8.12. The van der Waals surface area contributed by atoms with E-state index in [1.807, 2.05) is 24.5 Å². The van der Waals surface area contributed by atoms with Gasteiger partial charge in [-0.15, -0.1) is 24.8 Å². The number of nitrogens with one attached hydrogen (secondary N) is 4. The maximum Gasteiger partial charge on any atom is 0.257 e. The predicted molar refractivity (Wildman–Crippen MR) is 179 cm³/mol. The highest BCUT2D eigenvalue weighted by Crippen LogP contribution is 2.43. The lowest BCUT2D eigenvalue weighted by atomic mass is 9.75. The Balaban J connectivity index is 0.00000353. The molecule has 0 saturated heterocycles. The molecule has 2 heterocycles. The molecule has 2 bridgehead atoms. The van der Waals surface area contributed by atoms with E-state index in [0.29, 0.717) is 75.2 Å². The van der Waals surface area contributed by atoms with E-state index in [2.05, 4.69) is 44.7 Å². The summed E-state index contributed by atoms with van der Waals surface area (Å²) in [4.78, 5) is 43.8. The first-order valence-electron chi connectivity index (χ1n) is 15.6. The Labute approximate surface area is 279 Å². The number of carbonyl (C=O) groups excluding carboxylic acids is 3. The van der Waals surface area contributed by atoms with Crippen molar-refractivity contribution in [3.05, 3.63) is 42.0 Å². The fourth-order valence-electron chi connectivity index (χ4n) is 5.66. The summed E-state index contributed by atoms with van der Waals surface area (Å²) in [7, 11) is 1.56. The summed E-state index contributed by atoms with van der Waals surface area (Å²) in [5, 5.41) is 12.4. The number of aromatic nitrogens is 2. The van der Waals surface area contributed by atoms with Gasteiger partial charge in [0.15, 0.2) is 18.1 Å². The van der Waals surface area contributed by atoms with Crippen molar-refractivity contribution in [2.75, 3.05) is 46.4 Å². The molecule has 1 aromatic heterocycles. The van der Waals surface area contributed by atoms with Crippen LogP contribution in [0.4, 0.5) is 0 Å². The van der Waals surface area contributed by atoms with E-state index in [0.717, 1.165) is 37.2 Å². The van der Waals surface area contributed by atoms with Crippen molar-refractivity contribution in [2.45, 2.75) is 71.3 Å². The molecule has 1 aliphatic heterocycles. The third kappa shape index (κ3) is 11.7. The van der Waals surface area contributed by atoms with Gasteiger partial charge < -0.3 is 35.3 Å². The highest BCUT2D eigenvalue weighted by atomic mass is 35.5. The van der Waals surface area contributed by atoms with Crippen molar-refractivity contribution in [1.82, 2.24) is 30.8 Å². The van der Waals surface area contributed by atoms with E-state index in [-0.39, 0.29) is 55.7 Å². The predicted octanol–water partition coefficient (Wildman–Crippen LogP) is 3.39. The van der Waals surface area contributed by atoms with E-state index < -0.39 is 5.41 Å². The van der Waals surface area contributed by atoms with E-state index in [9.17, 15) is 14.4 Å². The highest BCUT2D eigenvalue weighted by Gasteiger charge is 2.43. The smallest absolute Gasteiger partial charge is 0.257 e. The van der Waals surface area contributed by atoms with Crippen molar-refractivity contribution in [3.8, 4) is 11.5 Å². The summed E-state index contributed by atoms with van der Waals surface area (Å²) in [5.74, 6) is 2.42. The molecule has 1 atom stereocenters. The van der Waals surface area contributed by atoms with Gasteiger partial charge in [0.2, 0.25) is 11.8 Å². The first-order valence-corrected chi connectivity index (χ1v) is 15.6. The summed E-state index contributed by atoms with van der Waals surface area (Å²) in [6.07, 6.45) is 8.87. The fraction of sp³-hybridized carbons (Fsp3) is 0.625. The van der Waals surface area contributed by atoms with Crippen LogP contribution in [0.5, 0.6) is 11.5 Å². The van der Waals surface area contributed by atoms with Crippen LogP contribution >= 0.6 is 24.8 Å². The number of ether oxygens (including phenoxy) is 2. The minimum atomic E-state index is -0.832. The zero-order valence-electron chi connectivity index (χ0n) is 26.7. The van der Waals surface area contributed by atoms with Crippen LogP contribution in [0.3, 0.4) is 0 Å². The van der Waals surface area contributed by atoms with Crippen molar-refractivity contribution in [1.29, 1.82) is 0 Å². The standard InChI is InChI=1S/C32H48N6O5.2ClH/c1-23(2)30-35-15-17-38(30)16-5-12-36-31(41)32(19-24-7-8-24)20-25-9-10-26(42-3)27(18-25)43-21-29(40)34-14-13-33-11-4-6-28(39)37-22-32;;/h9-10,15,17-18,23-24,33H,4-8,11-14,16,19-22H2,1-3H3,(H,34,40)(H,36,41)(H,37,39);2*1H. The number of nitrogens with zero attached hydrogens (tertiary/aromatic N) is 2. The van der Waals surface area contributed by atoms with Crippen LogP contribution in [0.15, 0.2) is 30.6 Å². The molecule has 45 heavy (non-hydrogen) atoms. The Kier molecular flexibility index (Phi) is 16.0. The Hall–Kier alpha value is -3.02. The number of amides is 3. The molecular formula is C32H50Cl2N6O5. The lowest BCUT2D eigenvalue weighted by Crippen LogP contribution is -2.50. The monoisotopic (exact) mass is 668 g/mol. The van der Waals surface area contributed by atoms with Crippen molar-refractivity contribution in [2.24, 2.45) is 11.3 Å². The van der Waals surface area contributed by atoms with E-state index >= 15 is 0 Å². The van der Waals surface area contributed by atoms with Crippen molar-refractivity contribution < 1.29 is 23.9 Å². The number of methoxy groups -OCH3 is 1. The van der Waals surface area contributed by atoms with Gasteiger partial charge in [-0.3, -0.25) is 14.4 Å². The Morgan fingerprint density at radius 1 is 1.16 bits per heavy atom. The van der Waals surface area contributed by atoms with Crippen LogP contribution in [0, 0.1) is 11.3 Å². The number of halogens is 2. The van der Waals surface area contributed by atoms with Crippen LogP contribution in [-0.4, -0.2) is 73.7 Å². The molecule has 252 valence electrons. The molecule has 1 aliphatic carbocycles. The molecule has 2 aromatic rings. The number of rotatable bonds is 9. The van der Waals surface area contributed by atoms with Gasteiger partial charge in [0, 0.05) is 57.5 Å². The van der Waals surface area contributed by atoms with Crippen LogP contribution in [0.1, 0.15) is 69.7 Å². The molecule has 1 aromatic carbocycles. The van der Waals surface area contributed by atoms with E-state index in [1.54, 1.807) is 13.2 Å². The largest absolute Gasteiger partial charge is 0.493 e. The van der Waals surface area contributed by atoms with E-state index in [4.69, 9.17) is 9.47 Å². The molecular weight excluding hydrogens is 619 g/mol. The minimum Gasteiger partial charge on any atom is -0.493 e. The molecule has 2 aliphatic rings. The summed E-state index contributed by atoms with van der Waals surface area (Å²) in [6.45, 7) is 7.36. The summed E-state index contributed by atoms with van der Waals surface area (Å²) in [6, 6.07) is 5.58. The van der Waals surface area contributed by atoms with Crippen LogP contribution in [0.2, 0.25) is 0 Å². The molecule has 11 nitrogen and oxygen atoms in total. The molecule has 0 spiro atoms. The zero-order valence-corrected chi connectivity index (χ0v) is 28.3. The quantitative estimate of drug-likeness (QED) is 0.301. The second-order valence-electron chi connectivity index (χ2n) is 12.1. The Morgan fingerprint density at radius 3 is 2.69 bits per heavy atom. The molecule has 0 radical (unpaired) electrons. The average molecular weight is 670 g/mol. The summed E-state index contributed by atoms with van der Waals surface area (Å²) in [5.41, 5.74) is 0.0496. The van der Waals surface area contributed by atoms with Crippen molar-refractivity contribution in [3.63, 3.8) is 0 Å². The number of benzene rings is 1. The summed E-state index contributed by atoms with van der Waals surface area (Å²) < 4.78 is 13.5. The number of hydrogen-bond acceptors (Lipinski definition) is 7. The molecule has 3 amide bonds. The SMILES string of the molecule is COc1ccc2cc1OCC(=O)NCCNCCCC(=O)NCC(CC1CC1)(C(=O)NCCCn1ccnc1C(C)C)C2.Cl.Cl.